The number of hydrogen-bond acceptors (Lipinski definition) is 3. The number of rotatable bonds is 7. The Morgan fingerprint density at radius 1 is 1.27 bits per heavy atom. The summed E-state index contributed by atoms with van der Waals surface area (Å²) in [7, 11) is 2.04. The highest BCUT2D eigenvalue weighted by Gasteiger charge is 2.12. The Morgan fingerprint density at radius 2 is 2.00 bits per heavy atom. The fourth-order valence-corrected chi connectivity index (χ4v) is 3.22. The summed E-state index contributed by atoms with van der Waals surface area (Å²) in [5.74, 6) is 0.840. The molecule has 0 saturated heterocycles. The van der Waals surface area contributed by atoms with E-state index in [1.165, 1.54) is 15.3 Å². The lowest BCUT2D eigenvalue weighted by Gasteiger charge is -2.13. The summed E-state index contributed by atoms with van der Waals surface area (Å²) in [5, 5.41) is 5.02. The summed E-state index contributed by atoms with van der Waals surface area (Å²) < 4.78 is 5.38. The van der Waals surface area contributed by atoms with E-state index in [1.54, 1.807) is 11.3 Å². The van der Waals surface area contributed by atoms with Crippen LogP contribution in [0.4, 0.5) is 5.69 Å². The van der Waals surface area contributed by atoms with Gasteiger partial charge in [-0.1, -0.05) is 0 Å². The van der Waals surface area contributed by atoms with Crippen molar-refractivity contribution in [2.45, 2.75) is 20.4 Å². The predicted octanol–water partition coefficient (Wildman–Crippen LogP) is 2.11. The van der Waals surface area contributed by atoms with Crippen LogP contribution < -0.4 is 15.0 Å². The molecule has 0 radical (unpaired) electrons. The van der Waals surface area contributed by atoms with E-state index < -0.39 is 0 Å². The highest BCUT2D eigenvalue weighted by molar-refractivity contribution is 7.10. The van der Waals surface area contributed by atoms with Gasteiger partial charge in [-0.3, -0.25) is 4.79 Å². The average Bonchev–Trinajstić information content (AvgIpc) is 2.86. The summed E-state index contributed by atoms with van der Waals surface area (Å²) in [6.07, 6.45) is 0. The quantitative estimate of drug-likeness (QED) is 0.821. The lowest BCUT2D eigenvalue weighted by molar-refractivity contribution is -0.884. The second kappa shape index (κ2) is 7.96. The van der Waals surface area contributed by atoms with Crippen molar-refractivity contribution in [2.24, 2.45) is 0 Å². The Labute approximate surface area is 135 Å². The molecule has 0 spiro atoms. The van der Waals surface area contributed by atoms with Crippen molar-refractivity contribution in [1.29, 1.82) is 0 Å². The van der Waals surface area contributed by atoms with Crippen molar-refractivity contribution in [2.75, 3.05) is 25.5 Å². The standard InChI is InChI=1S/C17H22N2O2S/c1-4-21-15-7-5-14(6-8-15)18-17(20)12-19(3)11-16-13(2)9-10-22-16/h5-10H,4,11-12H2,1-3H3,(H,18,20)/p+1. The van der Waals surface area contributed by atoms with E-state index in [1.807, 2.05) is 38.2 Å². The maximum Gasteiger partial charge on any atom is 0.279 e. The van der Waals surface area contributed by atoms with E-state index in [9.17, 15) is 4.79 Å². The molecule has 2 rings (SSSR count). The van der Waals surface area contributed by atoms with Crippen LogP contribution in [0.3, 0.4) is 0 Å². The van der Waals surface area contributed by atoms with Crippen LogP contribution in [0.1, 0.15) is 17.4 Å². The lowest BCUT2D eigenvalue weighted by Crippen LogP contribution is -3.08. The first-order chi connectivity index (χ1) is 10.6. The van der Waals surface area contributed by atoms with Crippen molar-refractivity contribution in [1.82, 2.24) is 0 Å². The average molecular weight is 319 g/mol. The molecule has 1 unspecified atom stereocenters. The molecular formula is C17H23N2O2S+. The Kier molecular flexibility index (Phi) is 5.98. The van der Waals surface area contributed by atoms with E-state index in [2.05, 4.69) is 23.7 Å². The summed E-state index contributed by atoms with van der Waals surface area (Å²) in [4.78, 5) is 14.6. The SMILES string of the molecule is CCOc1ccc(NC(=O)C[NH+](C)Cc2sccc2C)cc1. The Balaban J connectivity index is 1.83. The molecule has 1 heterocycles. The second-order valence-electron chi connectivity index (χ2n) is 5.34. The van der Waals surface area contributed by atoms with Crippen LogP contribution in [0.5, 0.6) is 5.75 Å². The zero-order valence-corrected chi connectivity index (χ0v) is 14.1. The molecule has 0 fully saturated rings. The van der Waals surface area contributed by atoms with Gasteiger partial charge in [0.2, 0.25) is 0 Å². The van der Waals surface area contributed by atoms with E-state index in [-0.39, 0.29) is 5.91 Å². The van der Waals surface area contributed by atoms with Gasteiger partial charge in [-0.25, -0.2) is 0 Å². The van der Waals surface area contributed by atoms with Crippen molar-refractivity contribution in [3.05, 3.63) is 46.2 Å². The molecule has 4 nitrogen and oxygen atoms in total. The maximum absolute atomic E-state index is 12.1. The number of quaternary nitrogens is 1. The van der Waals surface area contributed by atoms with Gasteiger partial charge in [0.15, 0.2) is 6.54 Å². The van der Waals surface area contributed by atoms with Gasteiger partial charge in [0.25, 0.3) is 5.91 Å². The number of thiophene rings is 1. The van der Waals surface area contributed by atoms with Gasteiger partial charge in [-0.15, -0.1) is 11.3 Å². The van der Waals surface area contributed by atoms with Gasteiger partial charge in [-0.05, 0) is 55.1 Å². The number of amides is 1. The van der Waals surface area contributed by atoms with Gasteiger partial charge in [0.05, 0.1) is 18.5 Å². The predicted molar refractivity (Wildman–Crippen MR) is 90.8 cm³/mol. The molecule has 0 aliphatic heterocycles. The van der Waals surface area contributed by atoms with Gasteiger partial charge in [0, 0.05) is 5.69 Å². The number of anilines is 1. The second-order valence-corrected chi connectivity index (χ2v) is 6.34. The molecule has 0 saturated carbocycles. The number of ether oxygens (including phenoxy) is 1. The van der Waals surface area contributed by atoms with Crippen LogP contribution >= 0.6 is 11.3 Å². The Morgan fingerprint density at radius 3 is 2.59 bits per heavy atom. The minimum atomic E-state index is 0.0240. The molecule has 0 aliphatic rings. The smallest absolute Gasteiger partial charge is 0.279 e. The first-order valence-electron chi connectivity index (χ1n) is 7.45. The molecular weight excluding hydrogens is 296 g/mol. The van der Waals surface area contributed by atoms with Crippen LogP contribution in [0.15, 0.2) is 35.7 Å². The zero-order chi connectivity index (χ0) is 15.9. The summed E-state index contributed by atoms with van der Waals surface area (Å²) in [6.45, 7) is 6.02. The third-order valence-electron chi connectivity index (χ3n) is 3.34. The first kappa shape index (κ1) is 16.5. The fourth-order valence-electron chi connectivity index (χ4n) is 2.20. The first-order valence-corrected chi connectivity index (χ1v) is 8.33. The van der Waals surface area contributed by atoms with Crippen LogP contribution in [-0.4, -0.2) is 26.1 Å². The Hall–Kier alpha value is -1.85. The van der Waals surface area contributed by atoms with Gasteiger partial charge < -0.3 is 15.0 Å². The Bertz CT molecular complexity index is 607. The molecule has 1 atom stereocenters. The number of likely N-dealkylation sites (N-methyl/N-ethyl adjacent to an activating group) is 1. The molecule has 2 aromatic rings. The van der Waals surface area contributed by atoms with Crippen molar-refractivity contribution >= 4 is 22.9 Å². The zero-order valence-electron chi connectivity index (χ0n) is 13.3. The molecule has 2 N–H and O–H groups in total. The van der Waals surface area contributed by atoms with Crippen molar-refractivity contribution < 1.29 is 14.4 Å². The summed E-state index contributed by atoms with van der Waals surface area (Å²) in [5.41, 5.74) is 2.10. The molecule has 118 valence electrons. The monoisotopic (exact) mass is 319 g/mol. The van der Waals surface area contributed by atoms with E-state index >= 15 is 0 Å². The third kappa shape index (κ3) is 4.86. The molecule has 0 bridgehead atoms. The third-order valence-corrected chi connectivity index (χ3v) is 4.36. The van der Waals surface area contributed by atoms with Gasteiger partial charge >= 0.3 is 0 Å². The maximum atomic E-state index is 12.1. The summed E-state index contributed by atoms with van der Waals surface area (Å²) in [6, 6.07) is 9.58. The lowest BCUT2D eigenvalue weighted by atomic mass is 10.3. The number of carbonyl (C=O) groups is 1. The van der Waals surface area contributed by atoms with Crippen molar-refractivity contribution in [3.8, 4) is 5.75 Å². The summed E-state index contributed by atoms with van der Waals surface area (Å²) >= 11 is 1.75. The molecule has 1 aromatic heterocycles. The van der Waals surface area contributed by atoms with Gasteiger partial charge in [-0.2, -0.15) is 0 Å². The minimum Gasteiger partial charge on any atom is -0.494 e. The number of benzene rings is 1. The van der Waals surface area contributed by atoms with Crippen LogP contribution in [0.25, 0.3) is 0 Å². The molecule has 1 amide bonds. The van der Waals surface area contributed by atoms with E-state index in [0.29, 0.717) is 13.2 Å². The van der Waals surface area contributed by atoms with E-state index in [4.69, 9.17) is 4.74 Å². The van der Waals surface area contributed by atoms with Crippen LogP contribution in [-0.2, 0) is 11.3 Å². The van der Waals surface area contributed by atoms with Crippen LogP contribution in [0, 0.1) is 6.92 Å². The highest BCUT2D eigenvalue weighted by atomic mass is 32.1. The molecule has 1 aromatic carbocycles. The molecule has 22 heavy (non-hydrogen) atoms. The van der Waals surface area contributed by atoms with Crippen molar-refractivity contribution in [3.63, 3.8) is 0 Å². The molecule has 5 heteroatoms. The van der Waals surface area contributed by atoms with Gasteiger partial charge in [0.1, 0.15) is 12.3 Å². The van der Waals surface area contributed by atoms with Crippen LogP contribution in [0.2, 0.25) is 0 Å². The normalized spacial score (nSPS) is 12.0. The topological polar surface area (TPSA) is 42.8 Å². The fraction of sp³-hybridized carbons (Fsp3) is 0.353. The number of hydrogen-bond donors (Lipinski definition) is 2. The number of aryl methyl sites for hydroxylation is 1. The molecule has 0 aliphatic carbocycles. The number of nitrogens with one attached hydrogen (secondary N) is 2. The van der Waals surface area contributed by atoms with E-state index in [0.717, 1.165) is 18.0 Å². The minimum absolute atomic E-state index is 0.0240. The largest absolute Gasteiger partial charge is 0.494 e. The number of carbonyl (C=O) groups excluding carboxylic acids is 1. The highest BCUT2D eigenvalue weighted by Crippen LogP contribution is 2.15.